The summed E-state index contributed by atoms with van der Waals surface area (Å²) in [6.45, 7) is 0. The molecule has 1 aromatic heterocycles. The number of benzene rings is 3. The molecule has 0 spiro atoms. The maximum atomic E-state index is 13.6. The Bertz CT molecular complexity index is 1570. The van der Waals surface area contributed by atoms with E-state index < -0.39 is 17.8 Å². The van der Waals surface area contributed by atoms with Crippen molar-refractivity contribution in [3.63, 3.8) is 0 Å². The fourth-order valence-electron chi connectivity index (χ4n) is 4.71. The highest BCUT2D eigenvalue weighted by atomic mass is 19.4. The number of alkyl halides is 3. The van der Waals surface area contributed by atoms with Crippen molar-refractivity contribution in [2.24, 2.45) is 0 Å². The van der Waals surface area contributed by atoms with Gasteiger partial charge < -0.3 is 10.1 Å². The van der Waals surface area contributed by atoms with Crippen LogP contribution in [-0.2, 0) is 6.18 Å². The first kappa shape index (κ1) is 27.0. The summed E-state index contributed by atoms with van der Waals surface area (Å²) in [5.41, 5.74) is 1.27. The fraction of sp³-hybridized carbons (Fsp3) is 0.233. The van der Waals surface area contributed by atoms with Gasteiger partial charge in [-0.15, -0.1) is 0 Å². The van der Waals surface area contributed by atoms with Crippen molar-refractivity contribution in [1.82, 2.24) is 14.7 Å². The van der Waals surface area contributed by atoms with Crippen molar-refractivity contribution in [2.75, 3.05) is 19.5 Å². The first-order chi connectivity index (χ1) is 19.2. The van der Waals surface area contributed by atoms with Gasteiger partial charge in [0.25, 0.3) is 5.91 Å². The summed E-state index contributed by atoms with van der Waals surface area (Å²) in [4.78, 5) is 15.6. The summed E-state index contributed by atoms with van der Waals surface area (Å²) in [7, 11) is 3.67. The smallest absolute Gasteiger partial charge is 0.435 e. The maximum Gasteiger partial charge on any atom is 0.435 e. The van der Waals surface area contributed by atoms with Crippen LogP contribution in [0.3, 0.4) is 0 Å². The largest absolute Gasteiger partial charge is 0.497 e. The number of nitriles is 1. The molecule has 5 rings (SSSR count). The number of rotatable bonds is 8. The Labute approximate surface area is 229 Å². The standard InChI is InChI=1S/C30H26F3N5O2/c1-37(23-11-12-23)28(20-9-13-25(40-2)14-10-20)21-6-4-7-22(16-21)35-29(39)26-17-27(30(31,32)33)36-38(26)24-8-3-5-19(15-24)18-34/h3-10,13-17,23,28H,11-12H2,1-2H3,(H,35,39). The molecule has 0 saturated heterocycles. The second kappa shape index (κ2) is 10.9. The van der Waals surface area contributed by atoms with E-state index in [1.807, 2.05) is 42.5 Å². The zero-order valence-electron chi connectivity index (χ0n) is 21.8. The van der Waals surface area contributed by atoms with E-state index in [4.69, 9.17) is 4.74 Å². The SMILES string of the molecule is COc1ccc(C(c2cccc(NC(=O)c3cc(C(F)(F)F)nn3-c3cccc(C#N)c3)c2)N(C)C2CC2)cc1. The second-order valence-electron chi connectivity index (χ2n) is 9.64. The molecule has 0 bridgehead atoms. The molecule has 204 valence electrons. The molecule has 1 fully saturated rings. The van der Waals surface area contributed by atoms with Gasteiger partial charge in [0.1, 0.15) is 11.4 Å². The van der Waals surface area contributed by atoms with Crippen LogP contribution in [0.15, 0.2) is 78.9 Å². The van der Waals surface area contributed by atoms with Gasteiger partial charge in [0.2, 0.25) is 0 Å². The van der Waals surface area contributed by atoms with Crippen molar-refractivity contribution in [2.45, 2.75) is 31.1 Å². The van der Waals surface area contributed by atoms with Crippen molar-refractivity contribution < 1.29 is 22.7 Å². The van der Waals surface area contributed by atoms with E-state index >= 15 is 0 Å². The molecule has 1 aliphatic rings. The number of nitrogens with one attached hydrogen (secondary N) is 1. The number of halogens is 3. The molecule has 10 heteroatoms. The molecule has 40 heavy (non-hydrogen) atoms. The third-order valence-corrected chi connectivity index (χ3v) is 6.87. The summed E-state index contributed by atoms with van der Waals surface area (Å²) < 4.78 is 46.9. The van der Waals surface area contributed by atoms with Crippen LogP contribution in [0.5, 0.6) is 5.75 Å². The molecule has 0 aliphatic heterocycles. The number of hydrogen-bond acceptors (Lipinski definition) is 5. The van der Waals surface area contributed by atoms with Gasteiger partial charge in [-0.25, -0.2) is 4.68 Å². The van der Waals surface area contributed by atoms with Crippen LogP contribution >= 0.6 is 0 Å². The lowest BCUT2D eigenvalue weighted by Crippen LogP contribution is -2.27. The minimum absolute atomic E-state index is 0.105. The zero-order chi connectivity index (χ0) is 28.4. The Hall–Kier alpha value is -4.62. The number of methoxy groups -OCH3 is 1. The summed E-state index contributed by atoms with van der Waals surface area (Å²) in [5, 5.41) is 15.6. The normalized spacial score (nSPS) is 14.0. The molecular weight excluding hydrogens is 519 g/mol. The highest BCUT2D eigenvalue weighted by Gasteiger charge is 2.36. The highest BCUT2D eigenvalue weighted by molar-refractivity contribution is 6.03. The molecule has 3 aromatic carbocycles. The predicted octanol–water partition coefficient (Wildman–Crippen LogP) is 6.21. The Balaban J connectivity index is 1.48. The van der Waals surface area contributed by atoms with Crippen LogP contribution in [-0.4, -0.2) is 40.8 Å². The maximum absolute atomic E-state index is 13.6. The number of carbonyl (C=O) groups is 1. The molecular formula is C30H26F3N5O2. The van der Waals surface area contributed by atoms with E-state index in [9.17, 15) is 23.2 Å². The van der Waals surface area contributed by atoms with Crippen LogP contribution < -0.4 is 10.1 Å². The first-order valence-electron chi connectivity index (χ1n) is 12.6. The van der Waals surface area contributed by atoms with Crippen molar-refractivity contribution in [3.05, 3.63) is 107 Å². The minimum atomic E-state index is -4.76. The average molecular weight is 546 g/mol. The number of nitrogens with zero attached hydrogens (tertiary/aromatic N) is 4. The number of ether oxygens (including phenoxy) is 1. The topological polar surface area (TPSA) is 83.2 Å². The number of aromatic nitrogens is 2. The van der Waals surface area contributed by atoms with Crippen molar-refractivity contribution in [3.8, 4) is 17.5 Å². The van der Waals surface area contributed by atoms with Crippen LogP contribution in [0.2, 0.25) is 0 Å². The van der Waals surface area contributed by atoms with E-state index in [0.29, 0.717) is 17.8 Å². The molecule has 0 radical (unpaired) electrons. The van der Waals surface area contributed by atoms with E-state index in [1.165, 1.54) is 24.3 Å². The van der Waals surface area contributed by atoms with Gasteiger partial charge >= 0.3 is 6.18 Å². The zero-order valence-corrected chi connectivity index (χ0v) is 21.8. The van der Waals surface area contributed by atoms with Gasteiger partial charge in [-0.05, 0) is 73.5 Å². The van der Waals surface area contributed by atoms with Gasteiger partial charge in [0.05, 0.1) is 30.5 Å². The lowest BCUT2D eigenvalue weighted by atomic mass is 9.96. The number of carbonyl (C=O) groups excluding carboxylic acids is 1. The van der Waals surface area contributed by atoms with Crippen LogP contribution in [0.4, 0.5) is 18.9 Å². The van der Waals surface area contributed by atoms with E-state index in [-0.39, 0.29) is 23.0 Å². The van der Waals surface area contributed by atoms with Crippen molar-refractivity contribution in [1.29, 1.82) is 5.26 Å². The predicted molar refractivity (Wildman–Crippen MR) is 143 cm³/mol. The van der Waals surface area contributed by atoms with Crippen LogP contribution in [0.1, 0.15) is 51.8 Å². The summed E-state index contributed by atoms with van der Waals surface area (Å²) >= 11 is 0. The number of amides is 1. The molecule has 1 aliphatic carbocycles. The third-order valence-electron chi connectivity index (χ3n) is 6.87. The van der Waals surface area contributed by atoms with Gasteiger partial charge in [0, 0.05) is 17.8 Å². The molecule has 4 aromatic rings. The van der Waals surface area contributed by atoms with Crippen LogP contribution in [0.25, 0.3) is 5.69 Å². The molecule has 1 heterocycles. The van der Waals surface area contributed by atoms with Gasteiger partial charge in [-0.1, -0.05) is 30.3 Å². The third kappa shape index (κ3) is 5.70. The monoisotopic (exact) mass is 545 g/mol. The fourth-order valence-corrected chi connectivity index (χ4v) is 4.71. The molecule has 1 unspecified atom stereocenters. The van der Waals surface area contributed by atoms with E-state index in [2.05, 4.69) is 22.4 Å². The highest BCUT2D eigenvalue weighted by Crippen LogP contribution is 2.38. The van der Waals surface area contributed by atoms with Crippen molar-refractivity contribution >= 4 is 11.6 Å². The molecule has 1 amide bonds. The first-order valence-corrected chi connectivity index (χ1v) is 12.6. The lowest BCUT2D eigenvalue weighted by Gasteiger charge is -2.29. The lowest BCUT2D eigenvalue weighted by molar-refractivity contribution is -0.141. The second-order valence-corrected chi connectivity index (χ2v) is 9.64. The van der Waals surface area contributed by atoms with Gasteiger partial charge in [-0.2, -0.15) is 23.5 Å². The van der Waals surface area contributed by atoms with Crippen LogP contribution in [0, 0.1) is 11.3 Å². The Morgan fingerprint density at radius 1 is 1.07 bits per heavy atom. The summed E-state index contributed by atoms with van der Waals surface area (Å²) in [6.07, 6.45) is -2.57. The van der Waals surface area contributed by atoms with E-state index in [0.717, 1.165) is 34.4 Å². The Kier molecular flexibility index (Phi) is 7.32. The Morgan fingerprint density at radius 3 is 2.45 bits per heavy atom. The average Bonchev–Trinajstić information content (AvgIpc) is 3.70. The summed E-state index contributed by atoms with van der Waals surface area (Å²) in [6, 6.07) is 23.9. The molecule has 1 atom stereocenters. The van der Waals surface area contributed by atoms with E-state index in [1.54, 1.807) is 19.2 Å². The quantitative estimate of drug-likeness (QED) is 0.285. The Morgan fingerprint density at radius 2 is 1.80 bits per heavy atom. The van der Waals surface area contributed by atoms with Gasteiger partial charge in [0.15, 0.2) is 5.69 Å². The number of hydrogen-bond donors (Lipinski definition) is 1. The van der Waals surface area contributed by atoms with Gasteiger partial charge in [-0.3, -0.25) is 9.69 Å². The summed E-state index contributed by atoms with van der Waals surface area (Å²) in [5.74, 6) is -0.0215. The molecule has 1 N–H and O–H groups in total. The molecule has 7 nitrogen and oxygen atoms in total. The molecule has 1 saturated carbocycles. The minimum Gasteiger partial charge on any atom is -0.497 e. The number of anilines is 1.